The largest absolute Gasteiger partial charge is 0.310 e. The number of carbonyl (C=O) groups is 1. The summed E-state index contributed by atoms with van der Waals surface area (Å²) in [6.07, 6.45) is 3.19. The molecule has 0 aromatic carbocycles. The van der Waals surface area contributed by atoms with Gasteiger partial charge in [-0.2, -0.15) is 0 Å². The first-order valence-electron chi connectivity index (χ1n) is 4.08. The van der Waals surface area contributed by atoms with E-state index in [4.69, 9.17) is 0 Å². The molecule has 0 radical (unpaired) electrons. The Hall–Kier alpha value is -1.38. The Labute approximate surface area is 70.8 Å². The summed E-state index contributed by atoms with van der Waals surface area (Å²) < 4.78 is 0. The monoisotopic (exact) mass is 162 g/mol. The molecule has 2 heterocycles. The van der Waals surface area contributed by atoms with Crippen LogP contribution >= 0.6 is 0 Å². The van der Waals surface area contributed by atoms with Crippen molar-refractivity contribution >= 4 is 11.7 Å². The Morgan fingerprint density at radius 1 is 1.67 bits per heavy atom. The zero-order valence-electron chi connectivity index (χ0n) is 6.92. The number of carbonyl (C=O) groups excluding carboxylic acids is 1. The van der Waals surface area contributed by atoms with Crippen molar-refractivity contribution in [3.05, 3.63) is 23.4 Å². The number of aromatic nitrogens is 1. The third kappa shape index (κ3) is 0.978. The first-order chi connectivity index (χ1) is 5.81. The van der Waals surface area contributed by atoms with Gasteiger partial charge >= 0.3 is 0 Å². The molecule has 1 aliphatic rings. The molecule has 0 aliphatic carbocycles. The van der Waals surface area contributed by atoms with Gasteiger partial charge < -0.3 is 5.32 Å². The second-order valence-corrected chi connectivity index (χ2v) is 2.88. The number of pyridine rings is 1. The molecule has 3 heteroatoms. The zero-order chi connectivity index (χ0) is 8.55. The van der Waals surface area contributed by atoms with Gasteiger partial charge in [-0.15, -0.1) is 0 Å². The predicted molar refractivity (Wildman–Crippen MR) is 45.9 cm³/mol. The van der Waals surface area contributed by atoms with Crippen molar-refractivity contribution < 1.29 is 4.79 Å². The average Bonchev–Trinajstić information content (AvgIpc) is 2.44. The molecule has 0 saturated heterocycles. The Balaban J connectivity index is 2.51. The molecule has 1 aromatic heterocycles. The molecule has 0 spiro atoms. The molecule has 2 rings (SSSR count). The highest BCUT2D eigenvalue weighted by Gasteiger charge is 2.20. The molecule has 12 heavy (non-hydrogen) atoms. The molecule has 0 fully saturated rings. The summed E-state index contributed by atoms with van der Waals surface area (Å²) >= 11 is 0. The van der Waals surface area contributed by atoms with Gasteiger partial charge in [0.1, 0.15) is 5.82 Å². The number of anilines is 1. The molecule has 0 saturated carbocycles. The summed E-state index contributed by atoms with van der Waals surface area (Å²) in [6, 6.07) is 1.97. The fourth-order valence-corrected chi connectivity index (χ4v) is 1.51. The predicted octanol–water partition coefficient (Wildman–Crippen LogP) is 1.14. The number of hydrogen-bond donors (Lipinski definition) is 1. The summed E-state index contributed by atoms with van der Waals surface area (Å²) in [7, 11) is 0. The Kier molecular flexibility index (Phi) is 1.57. The summed E-state index contributed by atoms with van der Waals surface area (Å²) in [5, 5.41) is 2.72. The number of nitrogens with zero attached hydrogens (tertiary/aromatic N) is 1. The van der Waals surface area contributed by atoms with E-state index in [-0.39, 0.29) is 5.91 Å². The van der Waals surface area contributed by atoms with Gasteiger partial charge in [-0.1, -0.05) is 6.92 Å². The fourth-order valence-electron chi connectivity index (χ4n) is 1.51. The second-order valence-electron chi connectivity index (χ2n) is 2.88. The van der Waals surface area contributed by atoms with Gasteiger partial charge in [0.05, 0.1) is 6.42 Å². The number of fused-ring (bicyclic) bond motifs is 1. The average molecular weight is 162 g/mol. The van der Waals surface area contributed by atoms with E-state index in [1.165, 1.54) is 5.56 Å². The van der Waals surface area contributed by atoms with Crippen molar-refractivity contribution in [1.29, 1.82) is 0 Å². The SMILES string of the molecule is CCc1ccnc2c1CC(=O)N2. The Bertz CT molecular complexity index is 333. The van der Waals surface area contributed by atoms with Gasteiger partial charge in [0.2, 0.25) is 5.91 Å². The van der Waals surface area contributed by atoms with Crippen LogP contribution in [0.2, 0.25) is 0 Å². The van der Waals surface area contributed by atoms with E-state index < -0.39 is 0 Å². The van der Waals surface area contributed by atoms with Gasteiger partial charge in [0.25, 0.3) is 0 Å². The molecule has 1 aromatic rings. The second kappa shape index (κ2) is 2.59. The molecule has 1 amide bonds. The van der Waals surface area contributed by atoms with Crippen LogP contribution in [0.1, 0.15) is 18.1 Å². The van der Waals surface area contributed by atoms with Crippen molar-refractivity contribution in [3.8, 4) is 0 Å². The van der Waals surface area contributed by atoms with Crippen LogP contribution in [-0.4, -0.2) is 10.9 Å². The van der Waals surface area contributed by atoms with E-state index in [1.54, 1.807) is 6.20 Å². The molecule has 0 atom stereocenters. The normalized spacial score (nSPS) is 14.2. The van der Waals surface area contributed by atoms with E-state index in [9.17, 15) is 4.79 Å². The minimum absolute atomic E-state index is 0.0541. The van der Waals surface area contributed by atoms with Gasteiger partial charge in [0, 0.05) is 11.8 Å². The van der Waals surface area contributed by atoms with Crippen LogP contribution < -0.4 is 5.32 Å². The van der Waals surface area contributed by atoms with E-state index in [0.717, 1.165) is 17.8 Å². The van der Waals surface area contributed by atoms with Crippen LogP contribution in [0.15, 0.2) is 12.3 Å². The maximum absolute atomic E-state index is 11.0. The number of nitrogens with one attached hydrogen (secondary N) is 1. The lowest BCUT2D eigenvalue weighted by Gasteiger charge is -2.01. The maximum atomic E-state index is 11.0. The van der Waals surface area contributed by atoms with E-state index in [2.05, 4.69) is 17.2 Å². The van der Waals surface area contributed by atoms with E-state index in [0.29, 0.717) is 6.42 Å². The summed E-state index contributed by atoms with van der Waals surface area (Å²) in [5.74, 6) is 0.803. The zero-order valence-corrected chi connectivity index (χ0v) is 6.92. The topological polar surface area (TPSA) is 42.0 Å². The van der Waals surface area contributed by atoms with Crippen molar-refractivity contribution in [2.45, 2.75) is 19.8 Å². The first kappa shape index (κ1) is 7.28. The molecule has 3 nitrogen and oxygen atoms in total. The van der Waals surface area contributed by atoms with Gasteiger partial charge in [-0.3, -0.25) is 4.79 Å². The molecular weight excluding hydrogens is 152 g/mol. The lowest BCUT2D eigenvalue weighted by Crippen LogP contribution is -2.04. The number of hydrogen-bond acceptors (Lipinski definition) is 2. The Morgan fingerprint density at radius 2 is 2.50 bits per heavy atom. The first-order valence-corrected chi connectivity index (χ1v) is 4.08. The summed E-state index contributed by atoms with van der Waals surface area (Å²) in [5.41, 5.74) is 2.29. The number of aryl methyl sites for hydroxylation is 1. The highest BCUT2D eigenvalue weighted by molar-refractivity contribution is 5.98. The smallest absolute Gasteiger partial charge is 0.230 e. The minimum atomic E-state index is 0.0541. The third-order valence-corrected chi connectivity index (χ3v) is 2.13. The lowest BCUT2D eigenvalue weighted by molar-refractivity contribution is -0.115. The molecular formula is C9H10N2O. The quantitative estimate of drug-likeness (QED) is 0.672. The van der Waals surface area contributed by atoms with Crippen molar-refractivity contribution in [3.63, 3.8) is 0 Å². The van der Waals surface area contributed by atoms with Crippen LogP contribution in [0.5, 0.6) is 0 Å². The van der Waals surface area contributed by atoms with Crippen LogP contribution in [0.4, 0.5) is 5.82 Å². The van der Waals surface area contributed by atoms with Crippen molar-refractivity contribution in [2.75, 3.05) is 5.32 Å². The van der Waals surface area contributed by atoms with Gasteiger partial charge in [0.15, 0.2) is 0 Å². The van der Waals surface area contributed by atoms with E-state index >= 15 is 0 Å². The van der Waals surface area contributed by atoms with Crippen molar-refractivity contribution in [1.82, 2.24) is 4.98 Å². The molecule has 1 aliphatic heterocycles. The highest BCUT2D eigenvalue weighted by Crippen LogP contribution is 2.23. The summed E-state index contributed by atoms with van der Waals surface area (Å²) in [6.45, 7) is 2.08. The lowest BCUT2D eigenvalue weighted by atomic mass is 10.1. The highest BCUT2D eigenvalue weighted by atomic mass is 16.1. The standard InChI is InChI=1S/C9H10N2O/c1-2-6-3-4-10-9-7(6)5-8(12)11-9/h3-4H,2,5H2,1H3,(H,10,11,12). The van der Waals surface area contributed by atoms with Crippen LogP contribution in [0, 0.1) is 0 Å². The Morgan fingerprint density at radius 3 is 3.25 bits per heavy atom. The third-order valence-electron chi connectivity index (χ3n) is 2.13. The van der Waals surface area contributed by atoms with Crippen LogP contribution in [0.3, 0.4) is 0 Å². The van der Waals surface area contributed by atoms with Crippen LogP contribution in [0.25, 0.3) is 0 Å². The molecule has 0 unspecified atom stereocenters. The summed E-state index contributed by atoms with van der Waals surface area (Å²) in [4.78, 5) is 15.1. The number of amides is 1. The fraction of sp³-hybridized carbons (Fsp3) is 0.333. The molecule has 62 valence electrons. The van der Waals surface area contributed by atoms with E-state index in [1.807, 2.05) is 6.07 Å². The van der Waals surface area contributed by atoms with Crippen molar-refractivity contribution in [2.24, 2.45) is 0 Å². The number of rotatable bonds is 1. The minimum Gasteiger partial charge on any atom is -0.310 e. The molecule has 1 N–H and O–H groups in total. The molecule has 0 bridgehead atoms. The van der Waals surface area contributed by atoms with Gasteiger partial charge in [-0.05, 0) is 18.1 Å². The van der Waals surface area contributed by atoms with Crippen LogP contribution in [-0.2, 0) is 17.6 Å². The van der Waals surface area contributed by atoms with Gasteiger partial charge in [-0.25, -0.2) is 4.98 Å². The maximum Gasteiger partial charge on any atom is 0.230 e.